The molecule has 4 heteroatoms. The lowest BCUT2D eigenvalue weighted by molar-refractivity contribution is -0.0315. The topological polar surface area (TPSA) is 34.1 Å². The Morgan fingerprint density at radius 1 is 1.29 bits per heavy atom. The van der Waals surface area contributed by atoms with Crippen LogP contribution in [0.15, 0.2) is 5.38 Å². The predicted octanol–water partition coefficient (Wildman–Crippen LogP) is 4.30. The van der Waals surface area contributed by atoms with Crippen molar-refractivity contribution in [2.45, 2.75) is 71.4 Å². The minimum Gasteiger partial charge on any atom is -0.372 e. The third-order valence-electron chi connectivity index (χ3n) is 3.79. The van der Waals surface area contributed by atoms with Gasteiger partial charge in [-0.2, -0.15) is 0 Å². The molecule has 0 aliphatic carbocycles. The van der Waals surface area contributed by atoms with Gasteiger partial charge in [0.25, 0.3) is 0 Å². The van der Waals surface area contributed by atoms with Crippen LogP contribution < -0.4 is 5.32 Å². The molecule has 0 bridgehead atoms. The van der Waals surface area contributed by atoms with Crippen LogP contribution in [0.4, 0.5) is 0 Å². The summed E-state index contributed by atoms with van der Waals surface area (Å²) in [6.45, 7) is 15.2. The smallest absolute Gasteiger partial charge is 0.104 e. The van der Waals surface area contributed by atoms with Crippen molar-refractivity contribution in [3.8, 4) is 0 Å². The largest absolute Gasteiger partial charge is 0.372 e. The van der Waals surface area contributed by atoms with Gasteiger partial charge in [-0.25, -0.2) is 4.98 Å². The normalized spacial score (nSPS) is 24.3. The summed E-state index contributed by atoms with van der Waals surface area (Å²) in [5, 5.41) is 7.02. The van der Waals surface area contributed by atoms with Gasteiger partial charge in [-0.15, -0.1) is 11.3 Å². The molecule has 1 aliphatic rings. The van der Waals surface area contributed by atoms with E-state index in [0.29, 0.717) is 5.92 Å². The molecular formula is C17H30N2OS. The van der Waals surface area contributed by atoms with Gasteiger partial charge in [-0.1, -0.05) is 20.8 Å². The molecule has 120 valence electrons. The van der Waals surface area contributed by atoms with E-state index in [1.54, 1.807) is 11.3 Å². The first-order valence-electron chi connectivity index (χ1n) is 7.99. The Labute approximate surface area is 133 Å². The lowest BCUT2D eigenvalue weighted by atomic mass is 9.91. The number of hydrogen-bond acceptors (Lipinski definition) is 4. The third kappa shape index (κ3) is 4.76. The maximum atomic E-state index is 6.07. The van der Waals surface area contributed by atoms with Crippen LogP contribution in [0.3, 0.4) is 0 Å². The summed E-state index contributed by atoms with van der Waals surface area (Å²) in [4.78, 5) is 4.87. The maximum Gasteiger partial charge on any atom is 0.104 e. The first-order valence-corrected chi connectivity index (χ1v) is 8.87. The Bertz CT molecular complexity index is 456. The lowest BCUT2D eigenvalue weighted by Gasteiger charge is -2.33. The number of thiazole rings is 1. The molecule has 2 unspecified atom stereocenters. The van der Waals surface area contributed by atoms with Crippen LogP contribution in [-0.2, 0) is 10.2 Å². The van der Waals surface area contributed by atoms with Gasteiger partial charge < -0.3 is 10.1 Å². The zero-order valence-corrected chi connectivity index (χ0v) is 15.1. The molecule has 0 saturated carbocycles. The molecule has 0 amide bonds. The van der Waals surface area contributed by atoms with Crippen molar-refractivity contribution in [2.24, 2.45) is 5.92 Å². The second-order valence-electron chi connectivity index (χ2n) is 8.15. The van der Waals surface area contributed by atoms with Gasteiger partial charge in [0.1, 0.15) is 6.10 Å². The molecule has 2 heterocycles. The molecule has 1 aliphatic heterocycles. The van der Waals surface area contributed by atoms with Gasteiger partial charge >= 0.3 is 0 Å². The van der Waals surface area contributed by atoms with Crippen molar-refractivity contribution < 1.29 is 4.74 Å². The Kier molecular flexibility index (Phi) is 5.11. The SMILES string of the molecule is CC(C)(C)NCC1CCCOC1c1csc(C(C)(C)C)n1. The van der Waals surface area contributed by atoms with Crippen LogP contribution in [0, 0.1) is 5.92 Å². The zero-order chi connectivity index (χ0) is 15.7. The molecular weight excluding hydrogens is 280 g/mol. The summed E-state index contributed by atoms with van der Waals surface area (Å²) in [7, 11) is 0. The monoisotopic (exact) mass is 310 g/mol. The average molecular weight is 311 g/mol. The second-order valence-corrected chi connectivity index (χ2v) is 9.01. The lowest BCUT2D eigenvalue weighted by Crippen LogP contribution is -2.41. The fourth-order valence-corrected chi connectivity index (χ4v) is 3.51. The summed E-state index contributed by atoms with van der Waals surface area (Å²) < 4.78 is 6.07. The Balaban J connectivity index is 2.09. The summed E-state index contributed by atoms with van der Waals surface area (Å²) >= 11 is 1.76. The van der Waals surface area contributed by atoms with Crippen LogP contribution in [0.1, 0.15) is 71.2 Å². The van der Waals surface area contributed by atoms with E-state index in [9.17, 15) is 0 Å². The Hall–Kier alpha value is -0.450. The van der Waals surface area contributed by atoms with E-state index in [0.717, 1.165) is 25.3 Å². The molecule has 21 heavy (non-hydrogen) atoms. The van der Waals surface area contributed by atoms with Gasteiger partial charge in [0.05, 0.1) is 10.7 Å². The predicted molar refractivity (Wildman–Crippen MR) is 90.0 cm³/mol. The Morgan fingerprint density at radius 2 is 2.00 bits per heavy atom. The van der Waals surface area contributed by atoms with Gasteiger partial charge in [0.15, 0.2) is 0 Å². The molecule has 3 nitrogen and oxygen atoms in total. The quantitative estimate of drug-likeness (QED) is 0.904. The van der Waals surface area contributed by atoms with E-state index in [4.69, 9.17) is 9.72 Å². The molecule has 1 N–H and O–H groups in total. The van der Waals surface area contributed by atoms with E-state index in [-0.39, 0.29) is 17.1 Å². The number of nitrogens with one attached hydrogen (secondary N) is 1. The Morgan fingerprint density at radius 3 is 2.57 bits per heavy atom. The summed E-state index contributed by atoms with van der Waals surface area (Å²) in [6, 6.07) is 0. The van der Waals surface area contributed by atoms with Gasteiger partial charge in [-0.3, -0.25) is 0 Å². The second kappa shape index (κ2) is 6.35. The van der Waals surface area contributed by atoms with Crippen molar-refractivity contribution in [1.29, 1.82) is 0 Å². The highest BCUT2D eigenvalue weighted by molar-refractivity contribution is 7.09. The summed E-state index contributed by atoms with van der Waals surface area (Å²) in [5.41, 5.74) is 1.41. The molecule has 0 spiro atoms. The molecule has 1 aromatic rings. The van der Waals surface area contributed by atoms with E-state index >= 15 is 0 Å². The van der Waals surface area contributed by atoms with E-state index in [1.807, 2.05) is 0 Å². The summed E-state index contributed by atoms with van der Waals surface area (Å²) in [6.07, 6.45) is 2.53. The first-order chi connectivity index (χ1) is 9.67. The van der Waals surface area contributed by atoms with Crippen LogP contribution in [-0.4, -0.2) is 23.7 Å². The first kappa shape index (κ1) is 16.9. The van der Waals surface area contributed by atoms with Crippen LogP contribution in [0.2, 0.25) is 0 Å². The van der Waals surface area contributed by atoms with Crippen LogP contribution in [0.25, 0.3) is 0 Å². The average Bonchev–Trinajstić information content (AvgIpc) is 2.85. The van der Waals surface area contributed by atoms with E-state index in [2.05, 4.69) is 52.2 Å². The summed E-state index contributed by atoms with van der Waals surface area (Å²) in [5.74, 6) is 0.521. The van der Waals surface area contributed by atoms with Crippen molar-refractivity contribution in [3.63, 3.8) is 0 Å². The molecule has 1 aromatic heterocycles. The van der Waals surface area contributed by atoms with Crippen molar-refractivity contribution in [3.05, 3.63) is 16.1 Å². The molecule has 1 fully saturated rings. The molecule has 2 atom stereocenters. The van der Waals surface area contributed by atoms with Crippen molar-refractivity contribution in [1.82, 2.24) is 10.3 Å². The standard InChI is InChI=1S/C17H30N2OS/c1-16(2,3)15-19-13(11-21-15)14-12(8-7-9-20-14)10-18-17(4,5)6/h11-12,14,18H,7-10H2,1-6H3. The van der Waals surface area contributed by atoms with Crippen LogP contribution in [0.5, 0.6) is 0 Å². The van der Waals surface area contributed by atoms with Crippen molar-refractivity contribution in [2.75, 3.05) is 13.2 Å². The fourth-order valence-electron chi connectivity index (χ4n) is 2.58. The molecule has 2 rings (SSSR count). The van der Waals surface area contributed by atoms with E-state index < -0.39 is 0 Å². The number of ether oxygens (including phenoxy) is 1. The number of nitrogens with zero attached hydrogens (tertiary/aromatic N) is 1. The number of rotatable bonds is 3. The zero-order valence-electron chi connectivity index (χ0n) is 14.3. The fraction of sp³-hybridized carbons (Fsp3) is 0.824. The number of hydrogen-bond donors (Lipinski definition) is 1. The van der Waals surface area contributed by atoms with Gasteiger partial charge in [0.2, 0.25) is 0 Å². The minimum atomic E-state index is 0.122. The van der Waals surface area contributed by atoms with Gasteiger partial charge in [0, 0.05) is 35.4 Å². The van der Waals surface area contributed by atoms with E-state index in [1.165, 1.54) is 11.4 Å². The third-order valence-corrected chi connectivity index (χ3v) is 5.08. The van der Waals surface area contributed by atoms with Crippen LogP contribution >= 0.6 is 11.3 Å². The number of aromatic nitrogens is 1. The minimum absolute atomic E-state index is 0.122. The highest BCUT2D eigenvalue weighted by atomic mass is 32.1. The molecule has 0 radical (unpaired) electrons. The maximum absolute atomic E-state index is 6.07. The van der Waals surface area contributed by atoms with Gasteiger partial charge in [-0.05, 0) is 33.6 Å². The molecule has 0 aromatic carbocycles. The highest BCUT2D eigenvalue weighted by Crippen LogP contribution is 2.36. The highest BCUT2D eigenvalue weighted by Gasteiger charge is 2.31. The van der Waals surface area contributed by atoms with Crippen molar-refractivity contribution >= 4 is 11.3 Å². The molecule has 1 saturated heterocycles.